The Morgan fingerprint density at radius 3 is 2.18 bits per heavy atom. The van der Waals surface area contributed by atoms with E-state index in [1.807, 2.05) is 0 Å². The molecule has 4 aromatic rings. The maximum Gasteiger partial charge on any atom is 0.120 e. The van der Waals surface area contributed by atoms with E-state index in [4.69, 9.17) is 0 Å². The predicted octanol–water partition coefficient (Wildman–Crippen LogP) is 4.71. The summed E-state index contributed by atoms with van der Waals surface area (Å²) >= 11 is 0. The summed E-state index contributed by atoms with van der Waals surface area (Å²) in [6.07, 6.45) is 0. The zero-order chi connectivity index (χ0) is 15.3. The van der Waals surface area contributed by atoms with Crippen LogP contribution in [0, 0.1) is 11.8 Å². The van der Waals surface area contributed by atoms with Gasteiger partial charge in [0, 0.05) is 5.56 Å². The molecule has 1 N–H and O–H groups in total. The molecule has 0 aliphatic rings. The van der Waals surface area contributed by atoms with Crippen LogP contribution in [0.1, 0.15) is 19.4 Å². The highest BCUT2D eigenvalue weighted by atomic mass is 16.3. The second-order valence-corrected chi connectivity index (χ2v) is 6.28. The van der Waals surface area contributed by atoms with Crippen LogP contribution in [-0.2, 0) is 0 Å². The van der Waals surface area contributed by atoms with Crippen molar-refractivity contribution in [3.05, 3.63) is 60.2 Å². The first-order valence-corrected chi connectivity index (χ1v) is 7.45. The lowest BCUT2D eigenvalue weighted by atomic mass is 9.91. The monoisotopic (exact) mass is 284 g/mol. The molecule has 1 nitrogen and oxygen atoms in total. The molecular weight excluding hydrogens is 268 g/mol. The molecule has 22 heavy (non-hydrogen) atoms. The highest BCUT2D eigenvalue weighted by Gasteiger charge is 2.11. The summed E-state index contributed by atoms with van der Waals surface area (Å²) in [5.74, 6) is 6.10. The molecule has 0 bridgehead atoms. The summed E-state index contributed by atoms with van der Waals surface area (Å²) in [5, 5.41) is 17.3. The van der Waals surface area contributed by atoms with Crippen LogP contribution in [0.2, 0.25) is 0 Å². The summed E-state index contributed by atoms with van der Waals surface area (Å²) < 4.78 is 0. The minimum absolute atomic E-state index is 0.971. The van der Waals surface area contributed by atoms with E-state index in [2.05, 4.69) is 66.4 Å². The minimum atomic E-state index is -0.988. The third-order valence-electron chi connectivity index (χ3n) is 4.01. The molecule has 0 aromatic heterocycles. The number of aliphatic hydroxyl groups is 1. The largest absolute Gasteiger partial charge is 0.378 e. The maximum absolute atomic E-state index is 9.89. The van der Waals surface area contributed by atoms with Crippen molar-refractivity contribution in [1.29, 1.82) is 0 Å². The van der Waals surface area contributed by atoms with Crippen LogP contribution in [0.15, 0.2) is 54.6 Å². The quantitative estimate of drug-likeness (QED) is 0.366. The average molecular weight is 284 g/mol. The molecule has 4 rings (SSSR count). The van der Waals surface area contributed by atoms with E-state index in [0.29, 0.717) is 0 Å². The lowest BCUT2D eigenvalue weighted by Gasteiger charge is -2.12. The van der Waals surface area contributed by atoms with E-state index in [-0.39, 0.29) is 0 Å². The fraction of sp³-hybridized carbons (Fsp3) is 0.143. The normalized spacial score (nSPS) is 12.0. The van der Waals surface area contributed by atoms with Crippen LogP contribution in [0.4, 0.5) is 0 Å². The van der Waals surface area contributed by atoms with Gasteiger partial charge in [0.15, 0.2) is 0 Å². The van der Waals surface area contributed by atoms with Crippen molar-refractivity contribution in [3.8, 4) is 11.8 Å². The summed E-state index contributed by atoms with van der Waals surface area (Å²) in [4.78, 5) is 0. The Kier molecular flexibility index (Phi) is 2.66. The molecule has 0 heterocycles. The fourth-order valence-corrected chi connectivity index (χ4v) is 3.09. The summed E-state index contributed by atoms with van der Waals surface area (Å²) in [5.41, 5.74) is -0.0172. The first kappa shape index (κ1) is 13.1. The Hall–Kier alpha value is -2.56. The minimum Gasteiger partial charge on any atom is -0.378 e. The molecule has 0 unspecified atom stereocenters. The lowest BCUT2D eigenvalue weighted by molar-refractivity contribution is 0.143. The van der Waals surface area contributed by atoms with Crippen LogP contribution in [-0.4, -0.2) is 10.7 Å². The van der Waals surface area contributed by atoms with E-state index >= 15 is 0 Å². The topological polar surface area (TPSA) is 20.2 Å². The molecule has 106 valence electrons. The van der Waals surface area contributed by atoms with E-state index < -0.39 is 5.60 Å². The third kappa shape index (κ3) is 2.01. The van der Waals surface area contributed by atoms with Gasteiger partial charge in [0.2, 0.25) is 0 Å². The fourth-order valence-electron chi connectivity index (χ4n) is 3.09. The molecule has 0 amide bonds. The van der Waals surface area contributed by atoms with E-state index in [9.17, 15) is 5.11 Å². The van der Waals surface area contributed by atoms with Gasteiger partial charge in [0.1, 0.15) is 5.60 Å². The Labute approximate surface area is 129 Å². The van der Waals surface area contributed by atoms with Gasteiger partial charge in [-0.2, -0.15) is 0 Å². The van der Waals surface area contributed by atoms with Crippen molar-refractivity contribution >= 4 is 32.3 Å². The van der Waals surface area contributed by atoms with E-state index in [0.717, 1.165) is 10.9 Å². The molecular formula is C21H16O. The number of rotatable bonds is 0. The first-order valence-electron chi connectivity index (χ1n) is 7.45. The molecule has 0 spiro atoms. The van der Waals surface area contributed by atoms with Crippen molar-refractivity contribution in [2.75, 3.05) is 0 Å². The smallest absolute Gasteiger partial charge is 0.120 e. The van der Waals surface area contributed by atoms with Crippen molar-refractivity contribution < 1.29 is 5.11 Å². The Bertz CT molecular complexity index is 1060. The number of benzene rings is 4. The zero-order valence-corrected chi connectivity index (χ0v) is 12.6. The molecule has 0 fully saturated rings. The molecule has 0 saturated carbocycles. The molecule has 0 aliphatic carbocycles. The van der Waals surface area contributed by atoms with Crippen molar-refractivity contribution in [2.45, 2.75) is 19.4 Å². The van der Waals surface area contributed by atoms with Crippen LogP contribution < -0.4 is 0 Å². The number of hydrogen-bond acceptors (Lipinski definition) is 1. The highest BCUT2D eigenvalue weighted by molar-refractivity contribution is 6.24. The van der Waals surface area contributed by atoms with Gasteiger partial charge in [-0.15, -0.1) is 0 Å². The maximum atomic E-state index is 9.89. The van der Waals surface area contributed by atoms with Gasteiger partial charge in [-0.3, -0.25) is 0 Å². The highest BCUT2D eigenvalue weighted by Crippen LogP contribution is 2.36. The lowest BCUT2D eigenvalue weighted by Crippen LogP contribution is -2.14. The van der Waals surface area contributed by atoms with Gasteiger partial charge in [0.05, 0.1) is 0 Å². The predicted molar refractivity (Wildman–Crippen MR) is 93.3 cm³/mol. The van der Waals surface area contributed by atoms with Crippen LogP contribution in [0.5, 0.6) is 0 Å². The van der Waals surface area contributed by atoms with Gasteiger partial charge in [-0.1, -0.05) is 60.4 Å². The third-order valence-corrected chi connectivity index (χ3v) is 4.01. The van der Waals surface area contributed by atoms with E-state index in [1.165, 1.54) is 26.9 Å². The molecule has 0 atom stereocenters. The molecule has 0 aliphatic heterocycles. The number of hydrogen-bond donors (Lipinski definition) is 1. The van der Waals surface area contributed by atoms with Crippen molar-refractivity contribution in [2.24, 2.45) is 0 Å². The van der Waals surface area contributed by atoms with Gasteiger partial charge >= 0.3 is 0 Å². The van der Waals surface area contributed by atoms with Gasteiger partial charge < -0.3 is 5.11 Å². The summed E-state index contributed by atoms with van der Waals surface area (Å²) in [7, 11) is 0. The Morgan fingerprint density at radius 2 is 1.45 bits per heavy atom. The molecule has 0 radical (unpaired) electrons. The Balaban J connectivity index is 2.19. The van der Waals surface area contributed by atoms with Crippen molar-refractivity contribution in [3.63, 3.8) is 0 Å². The second-order valence-electron chi connectivity index (χ2n) is 6.28. The molecule has 1 heteroatoms. The standard InChI is InChI=1S/C21H16O/c1-21(2,22)12-11-16-13-17-7-3-5-14-9-10-15-6-4-8-18(16)20(15)19(14)17/h3-10,13,22H,1-2H3. The first-order chi connectivity index (χ1) is 10.5. The van der Waals surface area contributed by atoms with Crippen molar-refractivity contribution in [1.82, 2.24) is 0 Å². The van der Waals surface area contributed by atoms with E-state index in [1.54, 1.807) is 13.8 Å². The zero-order valence-electron chi connectivity index (χ0n) is 12.6. The molecule has 0 saturated heterocycles. The van der Waals surface area contributed by atoms with Crippen LogP contribution >= 0.6 is 0 Å². The second kappa shape index (κ2) is 4.47. The molecule has 4 aromatic carbocycles. The van der Waals surface area contributed by atoms with Crippen LogP contribution in [0.3, 0.4) is 0 Å². The van der Waals surface area contributed by atoms with Crippen LogP contribution in [0.25, 0.3) is 32.3 Å². The average Bonchev–Trinajstić information content (AvgIpc) is 2.50. The van der Waals surface area contributed by atoms with Gasteiger partial charge in [-0.25, -0.2) is 0 Å². The van der Waals surface area contributed by atoms with Gasteiger partial charge in [0.25, 0.3) is 0 Å². The van der Waals surface area contributed by atoms with Gasteiger partial charge in [-0.05, 0) is 52.2 Å². The SMILES string of the molecule is CC(C)(O)C#Cc1cc2cccc3ccc4cccc1c4c32. The summed E-state index contributed by atoms with van der Waals surface area (Å²) in [6.45, 7) is 3.41. The summed E-state index contributed by atoms with van der Waals surface area (Å²) in [6, 6.07) is 19.1. The Morgan fingerprint density at radius 1 is 0.818 bits per heavy atom.